The van der Waals surface area contributed by atoms with Crippen molar-refractivity contribution >= 4 is 5.97 Å². The first kappa shape index (κ1) is 13.8. The van der Waals surface area contributed by atoms with Crippen LogP contribution < -0.4 is 4.74 Å². The summed E-state index contributed by atoms with van der Waals surface area (Å²) >= 11 is 0. The maximum Gasteiger partial charge on any atom is 0.347 e. The summed E-state index contributed by atoms with van der Waals surface area (Å²) in [4.78, 5) is 11.1. The first-order chi connectivity index (χ1) is 8.81. The highest BCUT2D eigenvalue weighted by molar-refractivity contribution is 5.76. The molecule has 1 aliphatic carbocycles. The molecule has 104 valence electrons. The van der Waals surface area contributed by atoms with Crippen molar-refractivity contribution < 1.29 is 24.9 Å². The van der Waals surface area contributed by atoms with Gasteiger partial charge in [-0.25, -0.2) is 4.79 Å². The van der Waals surface area contributed by atoms with E-state index in [1.165, 1.54) is 13.8 Å². The average molecular weight is 266 g/mol. The Morgan fingerprint density at radius 2 is 1.89 bits per heavy atom. The van der Waals surface area contributed by atoms with Crippen molar-refractivity contribution in [2.24, 2.45) is 0 Å². The third kappa shape index (κ3) is 2.72. The predicted molar refractivity (Wildman–Crippen MR) is 68.2 cm³/mol. The van der Waals surface area contributed by atoms with E-state index >= 15 is 0 Å². The summed E-state index contributed by atoms with van der Waals surface area (Å²) in [5.41, 5.74) is 0.321. The monoisotopic (exact) mass is 266 g/mol. The molecule has 19 heavy (non-hydrogen) atoms. The second-order valence-corrected chi connectivity index (χ2v) is 5.35. The van der Waals surface area contributed by atoms with E-state index in [9.17, 15) is 15.0 Å². The highest BCUT2D eigenvalue weighted by Crippen LogP contribution is 2.32. The molecule has 0 unspecified atom stereocenters. The molecular formula is C14H18O5. The quantitative estimate of drug-likeness (QED) is 0.751. The maximum atomic E-state index is 11.1. The minimum atomic E-state index is -1.34. The molecule has 0 radical (unpaired) electrons. The van der Waals surface area contributed by atoms with Gasteiger partial charge in [-0.15, -0.1) is 0 Å². The summed E-state index contributed by atoms with van der Waals surface area (Å²) in [6.45, 7) is 2.95. The lowest BCUT2D eigenvalue weighted by Crippen LogP contribution is -2.39. The van der Waals surface area contributed by atoms with Crippen LogP contribution in [0.3, 0.4) is 0 Å². The number of aliphatic hydroxyl groups excluding tert-OH is 2. The van der Waals surface area contributed by atoms with E-state index in [0.29, 0.717) is 12.2 Å². The van der Waals surface area contributed by atoms with Gasteiger partial charge in [-0.2, -0.15) is 0 Å². The Balaban J connectivity index is 2.34. The number of aliphatic hydroxyl groups is 2. The van der Waals surface area contributed by atoms with Gasteiger partial charge in [0.2, 0.25) is 0 Å². The molecule has 0 heterocycles. The largest absolute Gasteiger partial charge is 0.478 e. The predicted octanol–water partition coefficient (Wildman–Crippen LogP) is 0.749. The topological polar surface area (TPSA) is 87.0 Å². The number of fused-ring (bicyclic) bond motifs is 1. The van der Waals surface area contributed by atoms with Crippen LogP contribution in [0.4, 0.5) is 0 Å². The molecule has 0 fully saturated rings. The van der Waals surface area contributed by atoms with E-state index in [2.05, 4.69) is 0 Å². The molecule has 5 heteroatoms. The fourth-order valence-corrected chi connectivity index (χ4v) is 2.15. The van der Waals surface area contributed by atoms with E-state index < -0.39 is 23.8 Å². The van der Waals surface area contributed by atoms with Crippen molar-refractivity contribution in [3.05, 3.63) is 29.3 Å². The van der Waals surface area contributed by atoms with Gasteiger partial charge in [-0.3, -0.25) is 0 Å². The van der Waals surface area contributed by atoms with Crippen LogP contribution in [-0.4, -0.2) is 39.1 Å². The second kappa shape index (κ2) is 4.83. The number of hydrogen-bond donors (Lipinski definition) is 3. The number of ether oxygens (including phenoxy) is 1. The molecule has 0 aliphatic heterocycles. The molecule has 1 aromatic carbocycles. The summed E-state index contributed by atoms with van der Waals surface area (Å²) in [7, 11) is 0. The SMILES string of the molecule is CC(C)(Oc1cccc2c1C[C@H](O)[C@H](O)C2)C(=O)O. The summed E-state index contributed by atoms with van der Waals surface area (Å²) in [6.07, 6.45) is -1.01. The van der Waals surface area contributed by atoms with Gasteiger partial charge in [0.25, 0.3) is 0 Å². The number of carboxylic acids is 1. The summed E-state index contributed by atoms with van der Waals surface area (Å²) in [6, 6.07) is 5.30. The standard InChI is InChI=1S/C14H18O5/c1-14(2,13(17)18)19-12-5-3-4-8-6-10(15)11(16)7-9(8)12/h3-5,10-11,15-16H,6-7H2,1-2H3,(H,17,18)/t10-,11+/m1/s1. The van der Waals surface area contributed by atoms with Crippen LogP contribution in [0.2, 0.25) is 0 Å². The van der Waals surface area contributed by atoms with Crippen molar-refractivity contribution in [1.29, 1.82) is 0 Å². The van der Waals surface area contributed by atoms with E-state index in [1.807, 2.05) is 6.07 Å². The Labute approximate surface area is 111 Å². The van der Waals surface area contributed by atoms with Crippen LogP contribution in [0.5, 0.6) is 5.75 Å². The van der Waals surface area contributed by atoms with Crippen molar-refractivity contribution in [2.45, 2.75) is 44.5 Å². The van der Waals surface area contributed by atoms with Crippen LogP contribution in [0.25, 0.3) is 0 Å². The summed E-state index contributed by atoms with van der Waals surface area (Å²) < 4.78 is 5.55. The van der Waals surface area contributed by atoms with E-state index in [4.69, 9.17) is 9.84 Å². The Kier molecular flexibility index (Phi) is 3.52. The lowest BCUT2D eigenvalue weighted by Gasteiger charge is -2.30. The van der Waals surface area contributed by atoms with Crippen molar-refractivity contribution in [1.82, 2.24) is 0 Å². The molecule has 5 nitrogen and oxygen atoms in total. The number of rotatable bonds is 3. The van der Waals surface area contributed by atoms with Gasteiger partial charge in [-0.1, -0.05) is 12.1 Å². The van der Waals surface area contributed by atoms with Gasteiger partial charge >= 0.3 is 5.97 Å². The first-order valence-corrected chi connectivity index (χ1v) is 6.20. The fourth-order valence-electron chi connectivity index (χ4n) is 2.15. The minimum absolute atomic E-state index is 0.266. The number of carboxylic acid groups (broad SMARTS) is 1. The van der Waals surface area contributed by atoms with Crippen LogP contribution in [0, 0.1) is 0 Å². The van der Waals surface area contributed by atoms with Crippen LogP contribution >= 0.6 is 0 Å². The molecule has 0 bridgehead atoms. The number of aliphatic carboxylic acids is 1. The van der Waals surface area contributed by atoms with E-state index in [1.54, 1.807) is 12.1 Å². The second-order valence-electron chi connectivity index (χ2n) is 5.35. The third-order valence-electron chi connectivity index (χ3n) is 3.40. The van der Waals surface area contributed by atoms with Gasteiger partial charge in [0.05, 0.1) is 12.2 Å². The van der Waals surface area contributed by atoms with Gasteiger partial charge in [0.1, 0.15) is 5.75 Å². The van der Waals surface area contributed by atoms with Gasteiger partial charge < -0.3 is 20.1 Å². The average Bonchev–Trinajstić information content (AvgIpc) is 2.31. The van der Waals surface area contributed by atoms with Crippen molar-refractivity contribution in [3.8, 4) is 5.75 Å². The Hall–Kier alpha value is -1.59. The zero-order chi connectivity index (χ0) is 14.2. The normalized spacial score (nSPS) is 22.7. The van der Waals surface area contributed by atoms with E-state index in [-0.39, 0.29) is 6.42 Å². The maximum absolute atomic E-state index is 11.1. The minimum Gasteiger partial charge on any atom is -0.478 e. The van der Waals surface area contributed by atoms with Crippen molar-refractivity contribution in [2.75, 3.05) is 0 Å². The molecule has 3 N–H and O–H groups in total. The third-order valence-corrected chi connectivity index (χ3v) is 3.40. The number of benzene rings is 1. The van der Waals surface area contributed by atoms with Gasteiger partial charge in [0.15, 0.2) is 5.60 Å². The molecule has 2 rings (SSSR count). The zero-order valence-corrected chi connectivity index (χ0v) is 11.0. The van der Waals surface area contributed by atoms with E-state index in [0.717, 1.165) is 11.1 Å². The van der Waals surface area contributed by atoms with Gasteiger partial charge in [0, 0.05) is 18.4 Å². The smallest absolute Gasteiger partial charge is 0.347 e. The fraction of sp³-hybridized carbons (Fsp3) is 0.500. The first-order valence-electron chi connectivity index (χ1n) is 6.20. The highest BCUT2D eigenvalue weighted by atomic mass is 16.5. The lowest BCUT2D eigenvalue weighted by molar-refractivity contribution is -0.152. The molecule has 0 saturated carbocycles. The number of carbonyl (C=O) groups is 1. The molecule has 0 spiro atoms. The van der Waals surface area contributed by atoms with Crippen LogP contribution in [-0.2, 0) is 17.6 Å². The van der Waals surface area contributed by atoms with Crippen LogP contribution in [0.1, 0.15) is 25.0 Å². The molecule has 0 amide bonds. The Morgan fingerprint density at radius 1 is 1.26 bits per heavy atom. The molecule has 1 aliphatic rings. The van der Waals surface area contributed by atoms with Crippen molar-refractivity contribution in [3.63, 3.8) is 0 Å². The summed E-state index contributed by atoms with van der Waals surface area (Å²) in [5.74, 6) is -0.600. The molecule has 1 aromatic rings. The molecule has 0 aromatic heterocycles. The number of hydrogen-bond acceptors (Lipinski definition) is 4. The highest BCUT2D eigenvalue weighted by Gasteiger charge is 2.33. The lowest BCUT2D eigenvalue weighted by atomic mass is 9.87. The van der Waals surface area contributed by atoms with Crippen LogP contribution in [0.15, 0.2) is 18.2 Å². The van der Waals surface area contributed by atoms with Gasteiger partial charge in [-0.05, 0) is 25.5 Å². The molecular weight excluding hydrogens is 248 g/mol. The molecule has 0 saturated heterocycles. The molecule has 2 atom stereocenters. The zero-order valence-electron chi connectivity index (χ0n) is 11.0. The Bertz CT molecular complexity index is 495. The summed E-state index contributed by atoms with van der Waals surface area (Å²) in [5, 5.41) is 28.5. The Morgan fingerprint density at radius 3 is 2.53 bits per heavy atom.